The smallest absolute Gasteiger partial charge is 0.222 e. The number of H-pyrrole nitrogens is 1. The van der Waals surface area contributed by atoms with Gasteiger partial charge in [-0.2, -0.15) is 0 Å². The SMILES string of the molecule is CSc1cnc(N[C@H]2CCC(=Nc3ccc(-c4c[nH]ccc4=O)cn3)C2)nc1. The molecule has 8 heteroatoms. The van der Waals surface area contributed by atoms with Crippen LogP contribution in [-0.2, 0) is 0 Å². The summed E-state index contributed by atoms with van der Waals surface area (Å²) in [5.74, 6) is 1.31. The van der Waals surface area contributed by atoms with Gasteiger partial charge >= 0.3 is 0 Å². The van der Waals surface area contributed by atoms with Crippen molar-refractivity contribution in [1.29, 1.82) is 0 Å². The van der Waals surface area contributed by atoms with E-state index in [-0.39, 0.29) is 11.5 Å². The monoisotopic (exact) mass is 392 g/mol. The Labute approximate surface area is 166 Å². The highest BCUT2D eigenvalue weighted by Gasteiger charge is 2.21. The number of aromatic amines is 1. The van der Waals surface area contributed by atoms with Gasteiger partial charge in [0.15, 0.2) is 11.2 Å². The molecule has 7 nitrogen and oxygen atoms in total. The number of nitrogens with one attached hydrogen (secondary N) is 2. The fourth-order valence-electron chi connectivity index (χ4n) is 3.15. The summed E-state index contributed by atoms with van der Waals surface area (Å²) in [6.45, 7) is 0. The van der Waals surface area contributed by atoms with Crippen LogP contribution in [0.5, 0.6) is 0 Å². The van der Waals surface area contributed by atoms with Gasteiger partial charge in [-0.15, -0.1) is 11.8 Å². The summed E-state index contributed by atoms with van der Waals surface area (Å²) in [7, 11) is 0. The minimum Gasteiger partial charge on any atom is -0.367 e. The third-order valence-corrected chi connectivity index (χ3v) is 5.30. The van der Waals surface area contributed by atoms with Crippen LogP contribution in [0, 0.1) is 0 Å². The molecule has 142 valence electrons. The Balaban J connectivity index is 1.41. The maximum Gasteiger partial charge on any atom is 0.222 e. The minimum atomic E-state index is -0.0305. The largest absolute Gasteiger partial charge is 0.367 e. The van der Waals surface area contributed by atoms with Crippen LogP contribution in [-0.4, -0.2) is 37.9 Å². The number of pyridine rings is 2. The molecule has 3 aromatic rings. The molecule has 1 fully saturated rings. The average molecular weight is 392 g/mol. The Morgan fingerprint density at radius 3 is 2.75 bits per heavy atom. The fraction of sp³-hybridized carbons (Fsp3) is 0.250. The van der Waals surface area contributed by atoms with Crippen molar-refractivity contribution in [3.63, 3.8) is 0 Å². The van der Waals surface area contributed by atoms with Crippen LogP contribution in [0.1, 0.15) is 19.3 Å². The summed E-state index contributed by atoms with van der Waals surface area (Å²) in [5.41, 5.74) is 2.46. The predicted octanol–water partition coefficient (Wildman–Crippen LogP) is 3.69. The molecule has 1 saturated carbocycles. The van der Waals surface area contributed by atoms with Crippen LogP contribution in [0.2, 0.25) is 0 Å². The lowest BCUT2D eigenvalue weighted by atomic mass is 10.1. The van der Waals surface area contributed by atoms with Crippen LogP contribution >= 0.6 is 11.8 Å². The van der Waals surface area contributed by atoms with E-state index >= 15 is 0 Å². The zero-order chi connectivity index (χ0) is 19.3. The normalized spacial score (nSPS) is 17.8. The van der Waals surface area contributed by atoms with Crippen LogP contribution in [0.4, 0.5) is 11.8 Å². The zero-order valence-electron chi connectivity index (χ0n) is 15.4. The highest BCUT2D eigenvalue weighted by atomic mass is 32.2. The molecule has 0 aromatic carbocycles. The van der Waals surface area contributed by atoms with E-state index in [0.717, 1.165) is 35.4 Å². The first-order valence-electron chi connectivity index (χ1n) is 9.04. The molecule has 3 heterocycles. The van der Waals surface area contributed by atoms with E-state index in [1.54, 1.807) is 30.4 Å². The molecule has 0 bridgehead atoms. The molecular formula is C20H20N6OS. The van der Waals surface area contributed by atoms with Crippen LogP contribution < -0.4 is 10.7 Å². The van der Waals surface area contributed by atoms with E-state index in [4.69, 9.17) is 0 Å². The van der Waals surface area contributed by atoms with Gasteiger partial charge in [0.1, 0.15) is 0 Å². The Morgan fingerprint density at radius 1 is 1.18 bits per heavy atom. The van der Waals surface area contributed by atoms with Gasteiger partial charge < -0.3 is 10.3 Å². The van der Waals surface area contributed by atoms with E-state index in [1.165, 1.54) is 6.07 Å². The number of hydrogen-bond donors (Lipinski definition) is 2. The number of anilines is 1. The molecule has 1 atom stereocenters. The number of thioether (sulfide) groups is 1. The third kappa shape index (κ3) is 4.28. The van der Waals surface area contributed by atoms with Crippen molar-refractivity contribution >= 4 is 29.2 Å². The lowest BCUT2D eigenvalue weighted by Crippen LogP contribution is -2.17. The van der Waals surface area contributed by atoms with E-state index < -0.39 is 0 Å². The van der Waals surface area contributed by atoms with E-state index in [0.29, 0.717) is 17.3 Å². The molecule has 0 spiro atoms. The van der Waals surface area contributed by atoms with Gasteiger partial charge in [-0.05, 0) is 31.2 Å². The minimum absolute atomic E-state index is 0.0305. The van der Waals surface area contributed by atoms with Gasteiger partial charge in [0.2, 0.25) is 5.95 Å². The molecule has 28 heavy (non-hydrogen) atoms. The first-order chi connectivity index (χ1) is 13.7. The van der Waals surface area contributed by atoms with E-state index in [1.807, 2.05) is 30.8 Å². The van der Waals surface area contributed by atoms with Gasteiger partial charge in [0, 0.05) is 71.2 Å². The topological polar surface area (TPSA) is 95.9 Å². The fourth-order valence-corrected chi connectivity index (χ4v) is 3.46. The second-order valence-electron chi connectivity index (χ2n) is 6.54. The highest BCUT2D eigenvalue weighted by molar-refractivity contribution is 7.98. The first-order valence-corrected chi connectivity index (χ1v) is 10.3. The molecular weight excluding hydrogens is 372 g/mol. The molecule has 0 radical (unpaired) electrons. The van der Waals surface area contributed by atoms with Crippen LogP contribution in [0.15, 0.2) is 63.9 Å². The van der Waals surface area contributed by atoms with Crippen molar-refractivity contribution in [2.45, 2.75) is 30.2 Å². The number of aliphatic imine (C=N–C) groups is 1. The third-order valence-electron chi connectivity index (χ3n) is 4.62. The lowest BCUT2D eigenvalue weighted by Gasteiger charge is -2.10. The van der Waals surface area contributed by atoms with Gasteiger partial charge in [-0.3, -0.25) is 4.79 Å². The molecule has 1 aliphatic carbocycles. The van der Waals surface area contributed by atoms with Crippen molar-refractivity contribution in [3.8, 4) is 11.1 Å². The lowest BCUT2D eigenvalue weighted by molar-refractivity contribution is 0.750. The van der Waals surface area contributed by atoms with Crippen molar-refractivity contribution < 1.29 is 0 Å². The Kier molecular flexibility index (Phi) is 5.48. The summed E-state index contributed by atoms with van der Waals surface area (Å²) in [6, 6.07) is 5.51. The number of nitrogens with zero attached hydrogens (tertiary/aromatic N) is 4. The average Bonchev–Trinajstić information content (AvgIpc) is 3.16. The summed E-state index contributed by atoms with van der Waals surface area (Å²) in [4.78, 5) is 33.6. The summed E-state index contributed by atoms with van der Waals surface area (Å²) in [6.07, 6.45) is 13.4. The maximum atomic E-state index is 11.9. The predicted molar refractivity (Wildman–Crippen MR) is 112 cm³/mol. The van der Waals surface area contributed by atoms with Gasteiger partial charge in [0.05, 0.1) is 0 Å². The first kappa shape index (κ1) is 18.4. The second kappa shape index (κ2) is 8.35. The molecule has 1 aliphatic rings. The number of aromatic nitrogens is 4. The summed E-state index contributed by atoms with van der Waals surface area (Å²) < 4.78 is 0. The van der Waals surface area contributed by atoms with Gasteiger partial charge in [-0.1, -0.05) is 0 Å². The number of rotatable bonds is 5. The maximum absolute atomic E-state index is 11.9. The van der Waals surface area contributed by atoms with Crippen LogP contribution in [0.3, 0.4) is 0 Å². The molecule has 3 aromatic heterocycles. The van der Waals surface area contributed by atoms with Crippen molar-refractivity contribution in [1.82, 2.24) is 19.9 Å². The molecule has 4 rings (SSSR count). The number of hydrogen-bond acceptors (Lipinski definition) is 7. The molecule has 0 amide bonds. The van der Waals surface area contributed by atoms with E-state index in [2.05, 4.69) is 30.2 Å². The van der Waals surface area contributed by atoms with Crippen molar-refractivity contribution in [3.05, 3.63) is 59.4 Å². The van der Waals surface area contributed by atoms with Crippen molar-refractivity contribution in [2.24, 2.45) is 4.99 Å². The molecule has 0 aliphatic heterocycles. The molecule has 0 saturated heterocycles. The molecule has 2 N–H and O–H groups in total. The standard InChI is InChI=1S/C20H20N6OS/c1-28-16-10-23-20(24-11-16)26-15-4-3-14(8-15)25-19-5-2-13(9-22-19)17-12-21-7-6-18(17)27/h2,5-7,9-12,15H,3-4,8H2,1H3,(H,21,27)(H,23,24,26)/t15-/m0/s1. The molecule has 0 unspecified atom stereocenters. The Hall–Kier alpha value is -3.00. The Morgan fingerprint density at radius 2 is 2.04 bits per heavy atom. The van der Waals surface area contributed by atoms with Crippen molar-refractivity contribution in [2.75, 3.05) is 11.6 Å². The van der Waals surface area contributed by atoms with Crippen LogP contribution in [0.25, 0.3) is 11.1 Å². The van der Waals surface area contributed by atoms with Gasteiger partial charge in [-0.25, -0.2) is 19.9 Å². The summed E-state index contributed by atoms with van der Waals surface area (Å²) >= 11 is 1.62. The van der Waals surface area contributed by atoms with Gasteiger partial charge in [0.25, 0.3) is 0 Å². The summed E-state index contributed by atoms with van der Waals surface area (Å²) in [5, 5.41) is 3.37. The quantitative estimate of drug-likeness (QED) is 0.643. The van der Waals surface area contributed by atoms with E-state index in [9.17, 15) is 4.79 Å². The second-order valence-corrected chi connectivity index (χ2v) is 7.42. The Bertz CT molecular complexity index is 1030. The highest BCUT2D eigenvalue weighted by Crippen LogP contribution is 2.23. The zero-order valence-corrected chi connectivity index (χ0v) is 16.2.